The zero-order valence-corrected chi connectivity index (χ0v) is 16.5. The van der Waals surface area contributed by atoms with Crippen molar-refractivity contribution in [3.8, 4) is 0 Å². The van der Waals surface area contributed by atoms with Crippen molar-refractivity contribution < 1.29 is 4.79 Å². The fourth-order valence-corrected chi connectivity index (χ4v) is 4.01. The van der Waals surface area contributed by atoms with Crippen LogP contribution in [0.4, 0.5) is 10.9 Å². The average molecular weight is 407 g/mol. The Morgan fingerprint density at radius 3 is 2.81 bits per heavy atom. The van der Waals surface area contributed by atoms with E-state index in [0.717, 1.165) is 29.2 Å². The van der Waals surface area contributed by atoms with Crippen LogP contribution >= 0.6 is 22.9 Å². The molecular weight excluding hydrogens is 388 g/mol. The van der Waals surface area contributed by atoms with Crippen LogP contribution < -0.4 is 10.2 Å². The van der Waals surface area contributed by atoms with Gasteiger partial charge in [0.1, 0.15) is 10.5 Å². The fraction of sp³-hybridized carbons (Fsp3) is 0.500. The molecule has 0 atom stereocenters. The molecule has 1 fully saturated rings. The smallest absolute Gasteiger partial charge is 0.229 e. The number of halogens is 1. The first-order valence-corrected chi connectivity index (χ1v) is 9.96. The minimum absolute atomic E-state index is 0.00601. The molecule has 0 radical (unpaired) electrons. The van der Waals surface area contributed by atoms with Gasteiger partial charge < -0.3 is 15.2 Å². The third-order valence-electron chi connectivity index (χ3n) is 4.57. The molecule has 0 spiro atoms. The number of carbonyl (C=O) groups is 1. The van der Waals surface area contributed by atoms with Gasteiger partial charge in [-0.3, -0.25) is 4.79 Å². The minimum atomic E-state index is -0.0674. The number of nitrogens with zero attached hydrogens (tertiary/aromatic N) is 6. The van der Waals surface area contributed by atoms with E-state index in [2.05, 4.69) is 54.2 Å². The SMILES string of the molecule is CC(C)c1nnc(NC(=O)C2CCN(c3nc(Cl)nc4nc[nH]c34)CC2)s1. The second-order valence-corrected chi connectivity index (χ2v) is 8.12. The predicted octanol–water partition coefficient (Wildman–Crippen LogP) is 2.84. The Bertz CT molecular complexity index is 962. The van der Waals surface area contributed by atoms with Crippen LogP contribution in [-0.4, -0.2) is 49.1 Å². The molecule has 11 heteroatoms. The number of aromatic nitrogens is 6. The van der Waals surface area contributed by atoms with E-state index in [9.17, 15) is 4.79 Å². The van der Waals surface area contributed by atoms with E-state index in [1.165, 1.54) is 11.3 Å². The number of amides is 1. The number of anilines is 2. The molecule has 3 aromatic heterocycles. The maximum atomic E-state index is 12.6. The lowest BCUT2D eigenvalue weighted by molar-refractivity contribution is -0.120. The maximum absolute atomic E-state index is 12.6. The molecule has 9 nitrogen and oxygen atoms in total. The molecule has 1 aliphatic rings. The summed E-state index contributed by atoms with van der Waals surface area (Å²) in [6.07, 6.45) is 3.02. The Kier molecular flexibility index (Phi) is 4.92. The Morgan fingerprint density at radius 1 is 1.33 bits per heavy atom. The molecule has 0 unspecified atom stereocenters. The summed E-state index contributed by atoms with van der Waals surface area (Å²) in [6, 6.07) is 0. The zero-order valence-electron chi connectivity index (χ0n) is 14.9. The van der Waals surface area contributed by atoms with Gasteiger partial charge in [0.15, 0.2) is 11.5 Å². The van der Waals surface area contributed by atoms with E-state index in [1.54, 1.807) is 6.33 Å². The molecule has 1 aliphatic heterocycles. The topological polar surface area (TPSA) is 113 Å². The lowest BCUT2D eigenvalue weighted by atomic mass is 9.96. The van der Waals surface area contributed by atoms with Crippen LogP contribution in [0.25, 0.3) is 11.2 Å². The van der Waals surface area contributed by atoms with Crippen molar-refractivity contribution in [3.63, 3.8) is 0 Å². The highest BCUT2D eigenvalue weighted by molar-refractivity contribution is 7.15. The lowest BCUT2D eigenvalue weighted by Crippen LogP contribution is -2.38. The summed E-state index contributed by atoms with van der Waals surface area (Å²) in [5.41, 5.74) is 1.31. The minimum Gasteiger partial charge on any atom is -0.355 e. The zero-order chi connectivity index (χ0) is 19.0. The number of fused-ring (bicyclic) bond motifs is 1. The fourth-order valence-electron chi connectivity index (χ4n) is 3.10. The number of aromatic amines is 1. The third kappa shape index (κ3) is 3.72. The number of nitrogens with one attached hydrogen (secondary N) is 2. The number of hydrogen-bond donors (Lipinski definition) is 2. The van der Waals surface area contributed by atoms with Gasteiger partial charge in [0, 0.05) is 24.9 Å². The molecule has 142 valence electrons. The third-order valence-corrected chi connectivity index (χ3v) is 5.88. The van der Waals surface area contributed by atoms with Crippen LogP contribution in [0.3, 0.4) is 0 Å². The number of hydrogen-bond acceptors (Lipinski definition) is 8. The summed E-state index contributed by atoms with van der Waals surface area (Å²) < 4.78 is 0. The summed E-state index contributed by atoms with van der Waals surface area (Å²) >= 11 is 7.44. The van der Waals surface area contributed by atoms with Crippen molar-refractivity contribution in [1.29, 1.82) is 0 Å². The molecule has 2 N–H and O–H groups in total. The summed E-state index contributed by atoms with van der Waals surface area (Å²) in [7, 11) is 0. The number of imidazole rings is 1. The molecule has 1 saturated heterocycles. The highest BCUT2D eigenvalue weighted by Gasteiger charge is 2.28. The number of carbonyl (C=O) groups excluding carboxylic acids is 1. The highest BCUT2D eigenvalue weighted by Crippen LogP contribution is 2.29. The van der Waals surface area contributed by atoms with E-state index in [4.69, 9.17) is 11.6 Å². The van der Waals surface area contributed by atoms with Gasteiger partial charge >= 0.3 is 0 Å². The summed E-state index contributed by atoms with van der Waals surface area (Å²) in [5.74, 6) is 0.957. The van der Waals surface area contributed by atoms with Gasteiger partial charge in [-0.2, -0.15) is 9.97 Å². The lowest BCUT2D eigenvalue weighted by Gasteiger charge is -2.32. The first kappa shape index (κ1) is 18.1. The summed E-state index contributed by atoms with van der Waals surface area (Å²) in [5, 5.41) is 12.7. The average Bonchev–Trinajstić information content (AvgIpc) is 3.30. The van der Waals surface area contributed by atoms with Crippen LogP contribution in [0.15, 0.2) is 6.33 Å². The van der Waals surface area contributed by atoms with Crippen LogP contribution in [-0.2, 0) is 4.79 Å². The van der Waals surface area contributed by atoms with Crippen LogP contribution in [0.2, 0.25) is 5.28 Å². The number of piperidine rings is 1. The molecule has 0 aliphatic carbocycles. The van der Waals surface area contributed by atoms with E-state index in [1.807, 2.05) is 0 Å². The Balaban J connectivity index is 1.40. The van der Waals surface area contributed by atoms with Gasteiger partial charge in [-0.15, -0.1) is 10.2 Å². The largest absolute Gasteiger partial charge is 0.355 e. The Hall–Kier alpha value is -2.33. The Labute approximate surface area is 164 Å². The molecule has 0 bridgehead atoms. The molecule has 3 aromatic rings. The van der Waals surface area contributed by atoms with Crippen LogP contribution in [0.1, 0.15) is 37.6 Å². The van der Waals surface area contributed by atoms with Crippen LogP contribution in [0.5, 0.6) is 0 Å². The molecule has 27 heavy (non-hydrogen) atoms. The molecule has 4 rings (SSSR count). The number of rotatable bonds is 4. The van der Waals surface area contributed by atoms with Crippen molar-refractivity contribution in [3.05, 3.63) is 16.6 Å². The maximum Gasteiger partial charge on any atom is 0.229 e. The van der Waals surface area contributed by atoms with Gasteiger partial charge in [0.05, 0.1) is 6.33 Å². The second-order valence-electron chi connectivity index (χ2n) is 6.77. The van der Waals surface area contributed by atoms with Gasteiger partial charge in [-0.1, -0.05) is 25.2 Å². The van der Waals surface area contributed by atoms with Crippen molar-refractivity contribution in [1.82, 2.24) is 30.1 Å². The van der Waals surface area contributed by atoms with Crippen molar-refractivity contribution >= 4 is 51.0 Å². The quantitative estimate of drug-likeness (QED) is 0.640. The Morgan fingerprint density at radius 2 is 2.11 bits per heavy atom. The highest BCUT2D eigenvalue weighted by atomic mass is 35.5. The number of H-pyrrole nitrogens is 1. The summed E-state index contributed by atoms with van der Waals surface area (Å²) in [6.45, 7) is 5.51. The van der Waals surface area contributed by atoms with E-state index >= 15 is 0 Å². The molecular formula is C16H19ClN8OS. The van der Waals surface area contributed by atoms with Gasteiger partial charge in [-0.05, 0) is 24.4 Å². The predicted molar refractivity (Wildman–Crippen MR) is 104 cm³/mol. The van der Waals surface area contributed by atoms with Gasteiger partial charge in [0.25, 0.3) is 0 Å². The summed E-state index contributed by atoms with van der Waals surface area (Å²) in [4.78, 5) is 30.3. The second kappa shape index (κ2) is 7.35. The van der Waals surface area contributed by atoms with Crippen molar-refractivity contribution in [2.45, 2.75) is 32.6 Å². The van der Waals surface area contributed by atoms with Crippen LogP contribution in [0, 0.1) is 5.92 Å². The molecule has 4 heterocycles. The standard InChI is InChI=1S/C16H19ClN8OS/c1-8(2)14-23-24-16(27-14)22-13(26)9-3-5-25(6-4-9)12-10-11(19-7-18-10)20-15(17)21-12/h7-9H,3-6H2,1-2H3,(H,22,24,26)(H,18,19,20,21). The molecule has 0 saturated carbocycles. The monoisotopic (exact) mass is 406 g/mol. The van der Waals surface area contributed by atoms with E-state index < -0.39 is 0 Å². The first-order chi connectivity index (χ1) is 13.0. The van der Waals surface area contributed by atoms with Gasteiger partial charge in [0.2, 0.25) is 16.3 Å². The van der Waals surface area contributed by atoms with Gasteiger partial charge in [-0.25, -0.2) is 4.98 Å². The van der Waals surface area contributed by atoms with Crippen molar-refractivity contribution in [2.75, 3.05) is 23.3 Å². The molecule has 1 amide bonds. The normalized spacial score (nSPS) is 15.6. The van der Waals surface area contributed by atoms with E-state index in [-0.39, 0.29) is 17.1 Å². The first-order valence-electron chi connectivity index (χ1n) is 8.77. The van der Waals surface area contributed by atoms with E-state index in [0.29, 0.717) is 29.8 Å². The molecule has 0 aromatic carbocycles. The van der Waals surface area contributed by atoms with Crippen molar-refractivity contribution in [2.24, 2.45) is 5.92 Å².